The highest BCUT2D eigenvalue weighted by molar-refractivity contribution is 14.1. The predicted molar refractivity (Wildman–Crippen MR) is 89.7 cm³/mol. The fraction of sp³-hybridized carbons (Fsp3) is 0.0714. The maximum absolute atomic E-state index is 11.7. The summed E-state index contributed by atoms with van der Waals surface area (Å²) in [5.41, 5.74) is 0.730. The van der Waals surface area contributed by atoms with Gasteiger partial charge in [-0.15, -0.1) is 0 Å². The lowest BCUT2D eigenvalue weighted by Gasteiger charge is -2.08. The molecule has 2 aromatic rings. The molecule has 1 N–H and O–H groups in total. The molecule has 0 heterocycles. The molecule has 0 saturated carbocycles. The average Bonchev–Trinajstić information content (AvgIpc) is 2.43. The molecule has 0 aromatic heterocycles. The van der Waals surface area contributed by atoms with Gasteiger partial charge in [0.05, 0.1) is 10.0 Å². The first-order valence-corrected chi connectivity index (χ1v) is 7.51. The van der Waals surface area contributed by atoms with Gasteiger partial charge < -0.3 is 10.1 Å². The van der Waals surface area contributed by atoms with Gasteiger partial charge in [0.25, 0.3) is 5.91 Å². The molecule has 2 aromatic carbocycles. The number of carbonyl (C=O) groups excluding carboxylic acids is 1. The summed E-state index contributed by atoms with van der Waals surface area (Å²) < 4.78 is 6.45. The van der Waals surface area contributed by atoms with Crippen molar-refractivity contribution in [1.29, 1.82) is 0 Å². The van der Waals surface area contributed by atoms with Gasteiger partial charge in [-0.1, -0.05) is 23.2 Å². The zero-order valence-electron chi connectivity index (χ0n) is 10.2. The van der Waals surface area contributed by atoms with Crippen LogP contribution < -0.4 is 10.1 Å². The third kappa shape index (κ3) is 4.54. The van der Waals surface area contributed by atoms with Crippen molar-refractivity contribution in [3.8, 4) is 5.75 Å². The number of hydrogen-bond acceptors (Lipinski definition) is 2. The largest absolute Gasteiger partial charge is 0.484 e. The highest BCUT2D eigenvalue weighted by atomic mass is 127. The zero-order valence-corrected chi connectivity index (χ0v) is 13.9. The Balaban J connectivity index is 1.88. The number of amides is 1. The van der Waals surface area contributed by atoms with E-state index in [-0.39, 0.29) is 12.5 Å². The van der Waals surface area contributed by atoms with Gasteiger partial charge in [0.1, 0.15) is 5.75 Å². The van der Waals surface area contributed by atoms with Crippen molar-refractivity contribution in [3.05, 3.63) is 56.1 Å². The van der Waals surface area contributed by atoms with Gasteiger partial charge in [-0.05, 0) is 59.0 Å². The molecule has 0 unspecified atom stereocenters. The van der Waals surface area contributed by atoms with E-state index in [0.29, 0.717) is 15.8 Å². The van der Waals surface area contributed by atoms with Crippen LogP contribution in [0.3, 0.4) is 0 Å². The Morgan fingerprint density at radius 2 is 1.80 bits per heavy atom. The number of halogens is 3. The molecular formula is C14H10Cl2INO2. The average molecular weight is 422 g/mol. The van der Waals surface area contributed by atoms with Gasteiger partial charge in [-0.2, -0.15) is 0 Å². The van der Waals surface area contributed by atoms with Crippen LogP contribution in [0.15, 0.2) is 42.5 Å². The number of benzene rings is 2. The van der Waals surface area contributed by atoms with Gasteiger partial charge in [0, 0.05) is 15.3 Å². The first-order valence-electron chi connectivity index (χ1n) is 5.68. The summed E-state index contributed by atoms with van der Waals surface area (Å²) in [6.45, 7) is -0.0933. The smallest absolute Gasteiger partial charge is 0.262 e. The summed E-state index contributed by atoms with van der Waals surface area (Å²) in [5, 5.41) is 3.58. The molecule has 0 aliphatic carbocycles. The monoisotopic (exact) mass is 421 g/mol. The molecule has 0 atom stereocenters. The summed E-state index contributed by atoms with van der Waals surface area (Å²) in [4.78, 5) is 11.7. The Morgan fingerprint density at radius 3 is 2.45 bits per heavy atom. The van der Waals surface area contributed by atoms with Crippen LogP contribution in [0.2, 0.25) is 10.0 Å². The number of carbonyl (C=O) groups is 1. The summed E-state index contributed by atoms with van der Waals surface area (Å²) in [6.07, 6.45) is 0. The van der Waals surface area contributed by atoms with Crippen molar-refractivity contribution in [2.75, 3.05) is 11.9 Å². The zero-order chi connectivity index (χ0) is 14.5. The Morgan fingerprint density at radius 1 is 1.10 bits per heavy atom. The van der Waals surface area contributed by atoms with Gasteiger partial charge >= 0.3 is 0 Å². The summed E-state index contributed by atoms with van der Waals surface area (Å²) in [6, 6.07) is 12.3. The van der Waals surface area contributed by atoms with E-state index in [2.05, 4.69) is 27.9 Å². The van der Waals surface area contributed by atoms with Gasteiger partial charge in [-0.25, -0.2) is 0 Å². The minimum atomic E-state index is -0.239. The molecule has 0 aliphatic heterocycles. The van der Waals surface area contributed by atoms with Crippen LogP contribution in [0, 0.1) is 3.57 Å². The third-order valence-electron chi connectivity index (χ3n) is 2.39. The summed E-state index contributed by atoms with van der Waals surface area (Å²) >= 11 is 13.9. The highest BCUT2D eigenvalue weighted by Crippen LogP contribution is 2.26. The van der Waals surface area contributed by atoms with Crippen LogP contribution in [0.4, 0.5) is 5.69 Å². The molecule has 0 fully saturated rings. The van der Waals surface area contributed by atoms with Crippen LogP contribution >= 0.6 is 45.8 Å². The van der Waals surface area contributed by atoms with Gasteiger partial charge in [0.2, 0.25) is 0 Å². The summed E-state index contributed by atoms with van der Waals surface area (Å²) in [7, 11) is 0. The van der Waals surface area contributed by atoms with E-state index < -0.39 is 0 Å². The number of nitrogens with one attached hydrogen (secondary N) is 1. The minimum Gasteiger partial charge on any atom is -0.484 e. The van der Waals surface area contributed by atoms with E-state index in [0.717, 1.165) is 9.26 Å². The van der Waals surface area contributed by atoms with E-state index in [1.807, 2.05) is 24.3 Å². The van der Waals surface area contributed by atoms with E-state index >= 15 is 0 Å². The van der Waals surface area contributed by atoms with Crippen molar-refractivity contribution >= 4 is 57.4 Å². The molecular weight excluding hydrogens is 412 g/mol. The van der Waals surface area contributed by atoms with Gasteiger partial charge in [-0.3, -0.25) is 4.79 Å². The fourth-order valence-corrected chi connectivity index (χ4v) is 2.09. The highest BCUT2D eigenvalue weighted by Gasteiger charge is 2.05. The fourth-order valence-electron chi connectivity index (χ4n) is 1.45. The molecule has 104 valence electrons. The molecule has 0 bridgehead atoms. The number of ether oxygens (including phenoxy) is 1. The van der Waals surface area contributed by atoms with Crippen molar-refractivity contribution in [1.82, 2.24) is 0 Å². The molecule has 0 saturated heterocycles. The third-order valence-corrected chi connectivity index (χ3v) is 3.85. The minimum absolute atomic E-state index is 0.0933. The second-order valence-electron chi connectivity index (χ2n) is 3.92. The van der Waals surface area contributed by atoms with Crippen molar-refractivity contribution in [3.63, 3.8) is 0 Å². The first kappa shape index (κ1) is 15.4. The van der Waals surface area contributed by atoms with E-state index in [1.54, 1.807) is 18.2 Å². The maximum Gasteiger partial charge on any atom is 0.262 e. The maximum atomic E-state index is 11.7. The van der Waals surface area contributed by atoms with Crippen LogP contribution in [0.5, 0.6) is 5.75 Å². The van der Waals surface area contributed by atoms with Crippen molar-refractivity contribution in [2.24, 2.45) is 0 Å². The van der Waals surface area contributed by atoms with Crippen molar-refractivity contribution < 1.29 is 9.53 Å². The van der Waals surface area contributed by atoms with Crippen molar-refractivity contribution in [2.45, 2.75) is 0 Å². The van der Waals surface area contributed by atoms with E-state index in [1.165, 1.54) is 0 Å². The molecule has 0 aliphatic rings. The quantitative estimate of drug-likeness (QED) is 0.731. The van der Waals surface area contributed by atoms with E-state index in [4.69, 9.17) is 27.9 Å². The lowest BCUT2D eigenvalue weighted by Crippen LogP contribution is -2.20. The molecule has 2 rings (SSSR count). The Bertz CT molecular complexity index is 617. The SMILES string of the molecule is O=C(COc1ccc(Cl)c(Cl)c1)Nc1ccc(I)cc1. The topological polar surface area (TPSA) is 38.3 Å². The molecule has 0 spiro atoms. The molecule has 1 amide bonds. The van der Waals surface area contributed by atoms with E-state index in [9.17, 15) is 4.79 Å². The second-order valence-corrected chi connectivity index (χ2v) is 5.98. The second kappa shape index (κ2) is 7.15. The first-order chi connectivity index (χ1) is 9.54. The van der Waals surface area contributed by atoms with Crippen LogP contribution in [-0.2, 0) is 4.79 Å². The summed E-state index contributed by atoms with van der Waals surface area (Å²) in [5.74, 6) is 0.259. The molecule has 3 nitrogen and oxygen atoms in total. The Kier molecular flexibility index (Phi) is 5.51. The standard InChI is InChI=1S/C14H10Cl2INO2/c15-12-6-5-11(7-13(12)16)20-8-14(19)18-10-3-1-9(17)2-4-10/h1-7H,8H2,(H,18,19). The molecule has 0 radical (unpaired) electrons. The lowest BCUT2D eigenvalue weighted by atomic mass is 10.3. The number of anilines is 1. The predicted octanol–water partition coefficient (Wildman–Crippen LogP) is 4.62. The normalized spacial score (nSPS) is 10.2. The number of hydrogen-bond donors (Lipinski definition) is 1. The van der Waals surface area contributed by atoms with Crippen LogP contribution in [-0.4, -0.2) is 12.5 Å². The van der Waals surface area contributed by atoms with Gasteiger partial charge in [0.15, 0.2) is 6.61 Å². The Hall–Kier alpha value is -0.980. The van der Waals surface area contributed by atoms with Crippen LogP contribution in [0.25, 0.3) is 0 Å². The molecule has 20 heavy (non-hydrogen) atoms. The number of rotatable bonds is 4. The van der Waals surface area contributed by atoms with Crippen LogP contribution in [0.1, 0.15) is 0 Å². The lowest BCUT2D eigenvalue weighted by molar-refractivity contribution is -0.118. The molecule has 6 heteroatoms. The Labute approximate surface area is 140 Å².